The second-order valence-corrected chi connectivity index (χ2v) is 3.11. The molecule has 0 bridgehead atoms. The Labute approximate surface area is 68.6 Å². The molecule has 0 spiro atoms. The largest absolute Gasteiger partial charge is 0.385 e. The van der Waals surface area contributed by atoms with Crippen LogP contribution in [-0.4, -0.2) is 17.0 Å². The van der Waals surface area contributed by atoms with Gasteiger partial charge in [-0.3, -0.25) is 4.79 Å². The molecule has 11 heavy (non-hydrogen) atoms. The summed E-state index contributed by atoms with van der Waals surface area (Å²) in [6.45, 7) is 5.90. The van der Waals surface area contributed by atoms with Crippen LogP contribution in [-0.2, 0) is 4.79 Å². The first-order chi connectivity index (χ1) is 5.11. The van der Waals surface area contributed by atoms with E-state index in [1.54, 1.807) is 0 Å². The summed E-state index contributed by atoms with van der Waals surface area (Å²) in [5, 5.41) is 9.12. The quantitative estimate of drug-likeness (QED) is 0.662. The fraction of sp³-hybridized carbons (Fsp3) is 0.889. The predicted molar refractivity (Wildman–Crippen MR) is 45.4 cm³/mol. The number of aliphatic hydroxyl groups is 1. The molecule has 0 fully saturated rings. The van der Waals surface area contributed by atoms with Crippen molar-refractivity contribution in [2.24, 2.45) is 5.92 Å². The maximum atomic E-state index is 11.1. The van der Waals surface area contributed by atoms with Crippen LogP contribution in [0, 0.1) is 5.92 Å². The number of hydrogen-bond donors (Lipinski definition) is 1. The molecule has 2 nitrogen and oxygen atoms in total. The first kappa shape index (κ1) is 10.6. The van der Waals surface area contributed by atoms with Crippen molar-refractivity contribution in [3.8, 4) is 0 Å². The first-order valence-electron chi connectivity index (χ1n) is 4.32. The first-order valence-corrected chi connectivity index (χ1v) is 4.32. The molecule has 0 aromatic heterocycles. The van der Waals surface area contributed by atoms with Gasteiger partial charge in [-0.05, 0) is 12.3 Å². The van der Waals surface area contributed by atoms with Crippen LogP contribution in [0.25, 0.3) is 0 Å². The fourth-order valence-corrected chi connectivity index (χ4v) is 0.851. The third-order valence-electron chi connectivity index (χ3n) is 2.00. The van der Waals surface area contributed by atoms with Gasteiger partial charge >= 0.3 is 0 Å². The van der Waals surface area contributed by atoms with E-state index >= 15 is 0 Å². The fourth-order valence-electron chi connectivity index (χ4n) is 0.851. The Morgan fingerprint density at radius 3 is 2.27 bits per heavy atom. The van der Waals surface area contributed by atoms with Gasteiger partial charge in [0.2, 0.25) is 0 Å². The molecule has 0 heterocycles. The number of aliphatic hydroxyl groups excluding tert-OH is 1. The van der Waals surface area contributed by atoms with Gasteiger partial charge in [0.25, 0.3) is 0 Å². The lowest BCUT2D eigenvalue weighted by molar-refractivity contribution is -0.128. The van der Waals surface area contributed by atoms with Crippen LogP contribution in [0.2, 0.25) is 0 Å². The van der Waals surface area contributed by atoms with E-state index in [0.29, 0.717) is 18.8 Å². The van der Waals surface area contributed by atoms with Gasteiger partial charge in [0.05, 0.1) is 0 Å². The second kappa shape index (κ2) is 5.30. The lowest BCUT2D eigenvalue weighted by Gasteiger charge is -2.10. The molecule has 0 aromatic carbocycles. The number of ketones is 1. The van der Waals surface area contributed by atoms with Crippen molar-refractivity contribution in [1.29, 1.82) is 0 Å². The molecule has 0 saturated carbocycles. The summed E-state index contributed by atoms with van der Waals surface area (Å²) in [5.41, 5.74) is 0. The van der Waals surface area contributed by atoms with Gasteiger partial charge in [-0.1, -0.05) is 27.2 Å². The van der Waals surface area contributed by atoms with E-state index in [1.165, 1.54) is 0 Å². The molecular weight excluding hydrogens is 140 g/mol. The summed E-state index contributed by atoms with van der Waals surface area (Å²) in [5.74, 6) is 0.394. The highest BCUT2D eigenvalue weighted by Gasteiger charge is 2.14. The minimum Gasteiger partial charge on any atom is -0.385 e. The molecule has 2 atom stereocenters. The average molecular weight is 158 g/mol. The van der Waals surface area contributed by atoms with Gasteiger partial charge in [-0.25, -0.2) is 0 Å². The van der Waals surface area contributed by atoms with Gasteiger partial charge in [0, 0.05) is 6.42 Å². The molecular formula is C9H18O2. The second-order valence-electron chi connectivity index (χ2n) is 3.11. The molecule has 0 aliphatic heterocycles. The van der Waals surface area contributed by atoms with Crippen molar-refractivity contribution in [2.45, 2.75) is 46.1 Å². The average Bonchev–Trinajstić information content (AvgIpc) is 2.02. The van der Waals surface area contributed by atoms with Crippen LogP contribution in [0.15, 0.2) is 0 Å². The van der Waals surface area contributed by atoms with Crippen LogP contribution in [0.1, 0.15) is 40.0 Å². The van der Waals surface area contributed by atoms with E-state index in [4.69, 9.17) is 5.11 Å². The van der Waals surface area contributed by atoms with E-state index in [1.807, 2.05) is 13.8 Å². The minimum absolute atomic E-state index is 0.0122. The molecule has 66 valence electrons. The molecule has 0 radical (unpaired) electrons. The predicted octanol–water partition coefficient (Wildman–Crippen LogP) is 1.76. The maximum Gasteiger partial charge on any atom is 0.161 e. The van der Waals surface area contributed by atoms with Gasteiger partial charge in [0.1, 0.15) is 6.10 Å². The molecule has 2 unspecified atom stereocenters. The third-order valence-corrected chi connectivity index (χ3v) is 2.00. The van der Waals surface area contributed by atoms with Crippen molar-refractivity contribution in [1.82, 2.24) is 0 Å². The molecule has 0 rings (SSSR count). The van der Waals surface area contributed by atoms with Gasteiger partial charge in [-0.15, -0.1) is 0 Å². The molecule has 0 aliphatic rings. The Morgan fingerprint density at radius 2 is 1.91 bits per heavy atom. The van der Waals surface area contributed by atoms with Crippen molar-refractivity contribution in [3.05, 3.63) is 0 Å². The number of Topliss-reactive ketones (excluding diaryl/α,β-unsaturated/α-hetero) is 1. The number of hydrogen-bond acceptors (Lipinski definition) is 2. The van der Waals surface area contributed by atoms with Gasteiger partial charge < -0.3 is 5.11 Å². The normalized spacial score (nSPS) is 16.0. The van der Waals surface area contributed by atoms with Crippen LogP contribution in [0.3, 0.4) is 0 Å². The molecule has 0 aromatic rings. The van der Waals surface area contributed by atoms with Crippen molar-refractivity contribution in [2.75, 3.05) is 0 Å². The Morgan fingerprint density at radius 1 is 1.36 bits per heavy atom. The lowest BCUT2D eigenvalue weighted by atomic mass is 9.98. The topological polar surface area (TPSA) is 37.3 Å². The number of carbonyl (C=O) groups is 1. The maximum absolute atomic E-state index is 11.1. The molecule has 0 saturated heterocycles. The van der Waals surface area contributed by atoms with E-state index in [9.17, 15) is 4.79 Å². The molecule has 0 aliphatic carbocycles. The van der Waals surface area contributed by atoms with Gasteiger partial charge in [0.15, 0.2) is 5.78 Å². The summed E-state index contributed by atoms with van der Waals surface area (Å²) < 4.78 is 0. The zero-order chi connectivity index (χ0) is 8.85. The van der Waals surface area contributed by atoms with Crippen molar-refractivity contribution >= 4 is 5.78 Å². The summed E-state index contributed by atoms with van der Waals surface area (Å²) >= 11 is 0. The Bertz CT molecular complexity index is 121. The standard InChI is InChI=1S/C9H18O2/c1-4-7(3)6-9(11)8(10)5-2/h7-8,10H,4-6H2,1-3H3. The van der Waals surface area contributed by atoms with E-state index in [-0.39, 0.29) is 5.78 Å². The zero-order valence-corrected chi connectivity index (χ0v) is 7.63. The molecule has 2 heteroatoms. The summed E-state index contributed by atoms with van der Waals surface area (Å²) in [6.07, 6.45) is 1.33. The van der Waals surface area contributed by atoms with Gasteiger partial charge in [-0.2, -0.15) is 0 Å². The summed E-state index contributed by atoms with van der Waals surface area (Å²) in [6, 6.07) is 0. The number of carbonyl (C=O) groups excluding carboxylic acids is 1. The Balaban J connectivity index is 3.68. The van der Waals surface area contributed by atoms with Crippen molar-refractivity contribution < 1.29 is 9.90 Å². The SMILES string of the molecule is CCC(C)CC(=O)C(O)CC. The van der Waals surface area contributed by atoms with E-state index in [0.717, 1.165) is 6.42 Å². The summed E-state index contributed by atoms with van der Waals surface area (Å²) in [7, 11) is 0. The minimum atomic E-state index is -0.732. The third kappa shape index (κ3) is 4.14. The highest BCUT2D eigenvalue weighted by Crippen LogP contribution is 2.09. The Hall–Kier alpha value is -0.370. The van der Waals surface area contributed by atoms with Crippen LogP contribution < -0.4 is 0 Å². The highest BCUT2D eigenvalue weighted by molar-refractivity contribution is 5.82. The molecule has 0 amide bonds. The van der Waals surface area contributed by atoms with Crippen LogP contribution in [0.4, 0.5) is 0 Å². The van der Waals surface area contributed by atoms with Crippen molar-refractivity contribution in [3.63, 3.8) is 0 Å². The van der Waals surface area contributed by atoms with E-state index in [2.05, 4.69) is 6.92 Å². The highest BCUT2D eigenvalue weighted by atomic mass is 16.3. The lowest BCUT2D eigenvalue weighted by Crippen LogP contribution is -2.20. The Kier molecular flexibility index (Phi) is 5.12. The van der Waals surface area contributed by atoms with Crippen LogP contribution in [0.5, 0.6) is 0 Å². The molecule has 1 N–H and O–H groups in total. The smallest absolute Gasteiger partial charge is 0.161 e. The van der Waals surface area contributed by atoms with E-state index < -0.39 is 6.10 Å². The zero-order valence-electron chi connectivity index (χ0n) is 7.63. The van der Waals surface area contributed by atoms with Crippen LogP contribution >= 0.6 is 0 Å². The summed E-state index contributed by atoms with van der Waals surface area (Å²) in [4.78, 5) is 11.1. The monoisotopic (exact) mass is 158 g/mol. The number of rotatable bonds is 5.